The first-order valence-corrected chi connectivity index (χ1v) is 4.98. The molecule has 0 saturated carbocycles. The lowest BCUT2D eigenvalue weighted by Gasteiger charge is -2.12. The minimum absolute atomic E-state index is 0.292. The predicted molar refractivity (Wildman–Crippen MR) is 57.7 cm³/mol. The third-order valence-corrected chi connectivity index (χ3v) is 2.19. The van der Waals surface area contributed by atoms with E-state index < -0.39 is 0 Å². The Morgan fingerprint density at radius 2 is 1.86 bits per heavy atom. The van der Waals surface area contributed by atoms with Crippen molar-refractivity contribution in [1.82, 2.24) is 0 Å². The van der Waals surface area contributed by atoms with E-state index in [2.05, 4.69) is 0 Å². The molecule has 0 radical (unpaired) electrons. The Morgan fingerprint density at radius 3 is 2.36 bits per heavy atom. The van der Waals surface area contributed by atoms with Crippen molar-refractivity contribution in [3.8, 4) is 5.75 Å². The molecule has 1 aromatic carbocycles. The predicted octanol–water partition coefficient (Wildman–Crippen LogP) is 2.45. The first kappa shape index (κ1) is 11.1. The lowest BCUT2D eigenvalue weighted by atomic mass is 10.1. The molecule has 1 aromatic rings. The van der Waals surface area contributed by atoms with E-state index in [1.807, 2.05) is 32.0 Å². The van der Waals surface area contributed by atoms with Crippen LogP contribution in [0.2, 0.25) is 0 Å². The van der Waals surface area contributed by atoms with E-state index in [1.165, 1.54) is 0 Å². The molecule has 0 spiro atoms. The Bertz CT molecular complexity index is 272. The molecule has 0 amide bonds. The minimum atomic E-state index is -0.292. The van der Waals surface area contributed by atoms with Crippen LogP contribution in [-0.4, -0.2) is 17.8 Å². The molecule has 14 heavy (non-hydrogen) atoms. The van der Waals surface area contributed by atoms with Crippen LogP contribution in [0.1, 0.15) is 24.5 Å². The molecule has 0 saturated heterocycles. The summed E-state index contributed by atoms with van der Waals surface area (Å²) in [5.41, 5.74) is 2.30. The summed E-state index contributed by atoms with van der Waals surface area (Å²) in [6.07, 6.45) is 0.382. The summed E-state index contributed by atoms with van der Waals surface area (Å²) < 4.78 is 5.62. The zero-order chi connectivity index (χ0) is 10.6. The molecule has 0 fully saturated rings. The van der Waals surface area contributed by atoms with Crippen molar-refractivity contribution < 1.29 is 9.84 Å². The Kier molecular flexibility index (Phi) is 3.96. The first-order chi connectivity index (χ1) is 6.61. The molecule has 1 atom stereocenters. The van der Waals surface area contributed by atoms with Gasteiger partial charge >= 0.3 is 0 Å². The van der Waals surface area contributed by atoms with Gasteiger partial charge in [-0.3, -0.25) is 0 Å². The molecule has 1 N–H and O–H groups in total. The monoisotopic (exact) mass is 194 g/mol. The van der Waals surface area contributed by atoms with Gasteiger partial charge in [-0.05, 0) is 31.9 Å². The van der Waals surface area contributed by atoms with Gasteiger partial charge in [0.1, 0.15) is 5.75 Å². The van der Waals surface area contributed by atoms with Crippen molar-refractivity contribution in [2.75, 3.05) is 6.61 Å². The maximum absolute atomic E-state index is 9.09. The molecule has 2 nitrogen and oxygen atoms in total. The average Bonchev–Trinajstić information content (AvgIpc) is 2.09. The number of aliphatic hydroxyl groups excluding tert-OH is 1. The lowest BCUT2D eigenvalue weighted by Crippen LogP contribution is -2.08. The van der Waals surface area contributed by atoms with Crippen molar-refractivity contribution in [3.63, 3.8) is 0 Å². The summed E-state index contributed by atoms with van der Waals surface area (Å²) in [6, 6.07) is 6.08. The molecule has 0 aliphatic heterocycles. The summed E-state index contributed by atoms with van der Waals surface area (Å²) >= 11 is 0. The van der Waals surface area contributed by atoms with Crippen LogP contribution in [0.25, 0.3) is 0 Å². The van der Waals surface area contributed by atoms with Crippen molar-refractivity contribution in [2.45, 2.75) is 33.3 Å². The van der Waals surface area contributed by atoms with Gasteiger partial charge in [-0.2, -0.15) is 0 Å². The second-order valence-corrected chi connectivity index (χ2v) is 3.71. The summed E-state index contributed by atoms with van der Waals surface area (Å²) in [5, 5.41) is 9.09. The van der Waals surface area contributed by atoms with Crippen LogP contribution in [0.3, 0.4) is 0 Å². The topological polar surface area (TPSA) is 29.5 Å². The Hall–Kier alpha value is -1.02. The number of aryl methyl sites for hydroxylation is 2. The van der Waals surface area contributed by atoms with E-state index in [-0.39, 0.29) is 6.10 Å². The highest BCUT2D eigenvalue weighted by Gasteiger charge is 2.03. The van der Waals surface area contributed by atoms with E-state index >= 15 is 0 Å². The van der Waals surface area contributed by atoms with Gasteiger partial charge in [0.2, 0.25) is 0 Å². The number of ether oxygens (including phenoxy) is 1. The average molecular weight is 194 g/mol. The Labute approximate surface area is 85.5 Å². The number of aliphatic hydroxyl groups is 1. The molecular weight excluding hydrogens is 176 g/mol. The second kappa shape index (κ2) is 5.01. The summed E-state index contributed by atoms with van der Waals surface area (Å²) in [5.74, 6) is 0.952. The van der Waals surface area contributed by atoms with Gasteiger partial charge in [-0.15, -0.1) is 0 Å². The van der Waals surface area contributed by atoms with Crippen LogP contribution >= 0.6 is 0 Å². The number of hydrogen-bond acceptors (Lipinski definition) is 2. The largest absolute Gasteiger partial charge is 0.493 e. The summed E-state index contributed by atoms with van der Waals surface area (Å²) in [4.78, 5) is 0. The van der Waals surface area contributed by atoms with Crippen LogP contribution in [0.5, 0.6) is 5.75 Å². The van der Waals surface area contributed by atoms with Gasteiger partial charge in [0.15, 0.2) is 0 Å². The molecule has 0 aliphatic carbocycles. The number of benzene rings is 1. The van der Waals surface area contributed by atoms with E-state index in [9.17, 15) is 0 Å². The molecule has 1 unspecified atom stereocenters. The molecular formula is C12H18O2. The third kappa shape index (κ3) is 3.04. The van der Waals surface area contributed by atoms with Crippen LogP contribution in [0.15, 0.2) is 18.2 Å². The van der Waals surface area contributed by atoms with E-state index in [4.69, 9.17) is 9.84 Å². The van der Waals surface area contributed by atoms with Gasteiger partial charge in [-0.1, -0.05) is 18.2 Å². The van der Waals surface area contributed by atoms with E-state index in [0.29, 0.717) is 13.0 Å². The van der Waals surface area contributed by atoms with Crippen molar-refractivity contribution >= 4 is 0 Å². The summed E-state index contributed by atoms with van der Waals surface area (Å²) in [6.45, 7) is 6.41. The van der Waals surface area contributed by atoms with Crippen LogP contribution in [0.4, 0.5) is 0 Å². The fourth-order valence-corrected chi connectivity index (χ4v) is 1.36. The number of rotatable bonds is 4. The normalized spacial score (nSPS) is 12.6. The highest BCUT2D eigenvalue weighted by Crippen LogP contribution is 2.22. The maximum atomic E-state index is 9.09. The molecule has 1 rings (SSSR count). The maximum Gasteiger partial charge on any atom is 0.125 e. The van der Waals surface area contributed by atoms with Gasteiger partial charge in [0.25, 0.3) is 0 Å². The smallest absolute Gasteiger partial charge is 0.125 e. The lowest BCUT2D eigenvalue weighted by molar-refractivity contribution is 0.155. The zero-order valence-electron chi connectivity index (χ0n) is 9.08. The molecule has 78 valence electrons. The van der Waals surface area contributed by atoms with Crippen molar-refractivity contribution in [3.05, 3.63) is 29.3 Å². The summed E-state index contributed by atoms with van der Waals surface area (Å²) in [7, 11) is 0. The SMILES string of the molecule is Cc1cccc(C)c1OCCC(C)O. The standard InChI is InChI=1S/C12H18O2/c1-9-5-4-6-10(2)12(9)14-8-7-11(3)13/h4-6,11,13H,7-8H2,1-3H3. The first-order valence-electron chi connectivity index (χ1n) is 4.98. The highest BCUT2D eigenvalue weighted by atomic mass is 16.5. The fourth-order valence-electron chi connectivity index (χ4n) is 1.36. The van der Waals surface area contributed by atoms with Crippen molar-refractivity contribution in [1.29, 1.82) is 0 Å². The molecule has 0 aliphatic rings. The Balaban J connectivity index is 2.58. The molecule has 0 bridgehead atoms. The quantitative estimate of drug-likeness (QED) is 0.797. The Morgan fingerprint density at radius 1 is 1.29 bits per heavy atom. The minimum Gasteiger partial charge on any atom is -0.493 e. The number of para-hydroxylation sites is 1. The van der Waals surface area contributed by atoms with Crippen LogP contribution in [0, 0.1) is 13.8 Å². The van der Waals surface area contributed by atoms with Gasteiger partial charge < -0.3 is 9.84 Å². The number of hydrogen-bond donors (Lipinski definition) is 1. The highest BCUT2D eigenvalue weighted by molar-refractivity contribution is 5.39. The molecule has 0 heterocycles. The van der Waals surface area contributed by atoms with Gasteiger partial charge in [0.05, 0.1) is 12.7 Å². The van der Waals surface area contributed by atoms with Crippen molar-refractivity contribution in [2.24, 2.45) is 0 Å². The zero-order valence-corrected chi connectivity index (χ0v) is 9.08. The van der Waals surface area contributed by atoms with E-state index in [0.717, 1.165) is 16.9 Å². The molecule has 0 aromatic heterocycles. The van der Waals surface area contributed by atoms with Gasteiger partial charge in [-0.25, -0.2) is 0 Å². The van der Waals surface area contributed by atoms with Crippen LogP contribution < -0.4 is 4.74 Å². The van der Waals surface area contributed by atoms with Crippen LogP contribution in [-0.2, 0) is 0 Å². The third-order valence-electron chi connectivity index (χ3n) is 2.19. The van der Waals surface area contributed by atoms with Gasteiger partial charge in [0, 0.05) is 6.42 Å². The molecule has 2 heteroatoms. The fraction of sp³-hybridized carbons (Fsp3) is 0.500. The second-order valence-electron chi connectivity index (χ2n) is 3.71. The van der Waals surface area contributed by atoms with E-state index in [1.54, 1.807) is 6.92 Å².